The molecule has 0 bridgehead atoms. The molecule has 0 saturated heterocycles. The van der Waals surface area contributed by atoms with E-state index in [-0.39, 0.29) is 5.56 Å². The van der Waals surface area contributed by atoms with Crippen molar-refractivity contribution in [3.05, 3.63) is 18.0 Å². The van der Waals surface area contributed by atoms with Crippen molar-refractivity contribution in [2.75, 3.05) is 6.61 Å². The molecule has 0 amide bonds. The number of carboxylic acids is 1. The fourth-order valence-electron chi connectivity index (χ4n) is 1.93. The Kier molecular flexibility index (Phi) is 3.99. The summed E-state index contributed by atoms with van der Waals surface area (Å²) in [7, 11) is 0. The molecule has 19 heavy (non-hydrogen) atoms. The molecule has 0 aliphatic heterocycles. The average Bonchev–Trinajstić information content (AvgIpc) is 2.80. The minimum Gasteiger partial charge on any atom is -0.492 e. The summed E-state index contributed by atoms with van der Waals surface area (Å²) in [5.41, 5.74) is 0.742. The van der Waals surface area contributed by atoms with E-state index in [1.165, 1.54) is 6.20 Å². The Morgan fingerprint density at radius 2 is 2.21 bits per heavy atom. The largest absolute Gasteiger partial charge is 0.492 e. The highest BCUT2D eigenvalue weighted by atomic mass is 16.5. The van der Waals surface area contributed by atoms with Crippen molar-refractivity contribution in [3.8, 4) is 5.75 Å². The first kappa shape index (κ1) is 13.3. The van der Waals surface area contributed by atoms with E-state index in [9.17, 15) is 4.79 Å². The molecule has 2 aromatic heterocycles. The van der Waals surface area contributed by atoms with Crippen LogP contribution in [0.15, 0.2) is 12.4 Å². The highest BCUT2D eigenvalue weighted by molar-refractivity contribution is 5.97. The third kappa shape index (κ3) is 2.52. The highest BCUT2D eigenvalue weighted by Gasteiger charge is 2.18. The van der Waals surface area contributed by atoms with E-state index in [1.807, 2.05) is 6.92 Å². The quantitative estimate of drug-likeness (QED) is 0.865. The molecule has 102 valence electrons. The molecule has 0 aromatic carbocycles. The van der Waals surface area contributed by atoms with Crippen LogP contribution in [0.2, 0.25) is 0 Å². The third-order valence-corrected chi connectivity index (χ3v) is 2.86. The van der Waals surface area contributed by atoms with E-state index in [2.05, 4.69) is 17.0 Å². The van der Waals surface area contributed by atoms with Gasteiger partial charge in [0.25, 0.3) is 0 Å². The molecule has 1 N–H and O–H groups in total. The van der Waals surface area contributed by atoms with Gasteiger partial charge in [-0.15, -0.1) is 0 Å². The number of nitrogens with zero attached hydrogens (tertiary/aromatic N) is 3. The summed E-state index contributed by atoms with van der Waals surface area (Å²) in [4.78, 5) is 15.4. The van der Waals surface area contributed by atoms with E-state index in [4.69, 9.17) is 9.84 Å². The van der Waals surface area contributed by atoms with Gasteiger partial charge in [-0.1, -0.05) is 13.3 Å². The fourth-order valence-corrected chi connectivity index (χ4v) is 1.93. The number of hydrogen-bond donors (Lipinski definition) is 1. The number of carboxylic acid groups (broad SMARTS) is 1. The van der Waals surface area contributed by atoms with Crippen LogP contribution < -0.4 is 4.74 Å². The molecule has 0 atom stereocenters. The van der Waals surface area contributed by atoms with Crippen LogP contribution in [0.4, 0.5) is 0 Å². The molecule has 2 rings (SSSR count). The van der Waals surface area contributed by atoms with Gasteiger partial charge in [0.1, 0.15) is 11.3 Å². The highest BCUT2D eigenvalue weighted by Crippen LogP contribution is 2.28. The molecule has 0 aliphatic rings. The van der Waals surface area contributed by atoms with Crippen LogP contribution in [0, 0.1) is 0 Å². The molecule has 0 aliphatic carbocycles. The Morgan fingerprint density at radius 1 is 1.42 bits per heavy atom. The Labute approximate surface area is 111 Å². The predicted octanol–water partition coefficient (Wildman–Crippen LogP) is 2.33. The second kappa shape index (κ2) is 5.69. The second-order valence-electron chi connectivity index (χ2n) is 4.20. The number of ether oxygens (including phenoxy) is 1. The van der Waals surface area contributed by atoms with Crippen molar-refractivity contribution >= 4 is 17.0 Å². The van der Waals surface area contributed by atoms with Gasteiger partial charge < -0.3 is 9.84 Å². The molecule has 0 saturated carbocycles. The second-order valence-corrected chi connectivity index (χ2v) is 4.20. The Hall–Kier alpha value is -2.11. The van der Waals surface area contributed by atoms with Gasteiger partial charge in [0.2, 0.25) is 0 Å². The van der Waals surface area contributed by atoms with Crippen LogP contribution >= 0.6 is 0 Å². The number of aromatic carboxylic acids is 1. The van der Waals surface area contributed by atoms with Gasteiger partial charge in [0.15, 0.2) is 5.65 Å². The number of unbranched alkanes of at least 4 members (excludes halogenated alkanes) is 1. The van der Waals surface area contributed by atoms with Crippen molar-refractivity contribution in [2.24, 2.45) is 0 Å². The maximum atomic E-state index is 11.2. The predicted molar refractivity (Wildman–Crippen MR) is 70.6 cm³/mol. The van der Waals surface area contributed by atoms with Gasteiger partial charge in [0.05, 0.1) is 18.2 Å². The maximum absolute atomic E-state index is 11.2. The topological polar surface area (TPSA) is 77.2 Å². The summed E-state index contributed by atoms with van der Waals surface area (Å²) >= 11 is 0. The van der Waals surface area contributed by atoms with Gasteiger partial charge in [-0.3, -0.25) is 0 Å². The van der Waals surface area contributed by atoms with Crippen LogP contribution in [0.5, 0.6) is 5.75 Å². The van der Waals surface area contributed by atoms with Crippen LogP contribution in [0.1, 0.15) is 37.0 Å². The number of pyridine rings is 1. The lowest BCUT2D eigenvalue weighted by Crippen LogP contribution is -2.06. The van der Waals surface area contributed by atoms with E-state index < -0.39 is 5.97 Å². The molecule has 0 radical (unpaired) electrons. The lowest BCUT2D eigenvalue weighted by atomic mass is 10.2. The minimum atomic E-state index is -1.04. The van der Waals surface area contributed by atoms with Crippen LogP contribution in [0.3, 0.4) is 0 Å². The first-order valence-electron chi connectivity index (χ1n) is 6.39. The number of rotatable bonds is 6. The van der Waals surface area contributed by atoms with E-state index in [0.29, 0.717) is 23.4 Å². The summed E-state index contributed by atoms with van der Waals surface area (Å²) in [6.45, 7) is 5.09. The fraction of sp³-hybridized carbons (Fsp3) is 0.462. The zero-order valence-electron chi connectivity index (χ0n) is 11.1. The zero-order valence-corrected chi connectivity index (χ0v) is 11.1. The molecule has 2 aromatic rings. The molecule has 0 spiro atoms. The van der Waals surface area contributed by atoms with Crippen LogP contribution in [-0.4, -0.2) is 32.4 Å². The van der Waals surface area contributed by atoms with Gasteiger partial charge in [-0.25, -0.2) is 14.5 Å². The lowest BCUT2D eigenvalue weighted by molar-refractivity contribution is 0.0692. The molecule has 2 heterocycles. The molecule has 6 heteroatoms. The lowest BCUT2D eigenvalue weighted by Gasteiger charge is -2.08. The van der Waals surface area contributed by atoms with Crippen LogP contribution in [-0.2, 0) is 6.54 Å². The first-order chi connectivity index (χ1) is 9.19. The van der Waals surface area contributed by atoms with Crippen molar-refractivity contribution in [2.45, 2.75) is 33.2 Å². The zero-order chi connectivity index (χ0) is 13.8. The van der Waals surface area contributed by atoms with Gasteiger partial charge in [-0.05, 0) is 13.3 Å². The summed E-state index contributed by atoms with van der Waals surface area (Å²) in [5.74, 6) is -0.693. The average molecular weight is 263 g/mol. The van der Waals surface area contributed by atoms with Crippen molar-refractivity contribution < 1.29 is 14.6 Å². The maximum Gasteiger partial charge on any atom is 0.341 e. The summed E-state index contributed by atoms with van der Waals surface area (Å²) in [5, 5.41) is 14.1. The smallest absolute Gasteiger partial charge is 0.341 e. The minimum absolute atomic E-state index is 0.0735. The first-order valence-corrected chi connectivity index (χ1v) is 6.39. The Morgan fingerprint density at radius 3 is 2.84 bits per heavy atom. The summed E-state index contributed by atoms with van der Waals surface area (Å²) in [6, 6.07) is 0. The summed E-state index contributed by atoms with van der Waals surface area (Å²) in [6.07, 6.45) is 5.02. The number of carbonyl (C=O) groups is 1. The van der Waals surface area contributed by atoms with E-state index in [1.54, 1.807) is 10.9 Å². The number of aryl methyl sites for hydroxylation is 1. The van der Waals surface area contributed by atoms with E-state index in [0.717, 1.165) is 19.4 Å². The normalized spacial score (nSPS) is 10.8. The molecular weight excluding hydrogens is 246 g/mol. The summed E-state index contributed by atoms with van der Waals surface area (Å²) < 4.78 is 7.24. The van der Waals surface area contributed by atoms with E-state index >= 15 is 0 Å². The van der Waals surface area contributed by atoms with Gasteiger partial charge >= 0.3 is 5.97 Å². The number of aromatic nitrogens is 3. The van der Waals surface area contributed by atoms with Gasteiger partial charge in [0, 0.05) is 12.7 Å². The van der Waals surface area contributed by atoms with Crippen LogP contribution in [0.25, 0.3) is 11.0 Å². The van der Waals surface area contributed by atoms with Crippen molar-refractivity contribution in [1.29, 1.82) is 0 Å². The number of fused-ring (bicyclic) bond motifs is 1. The molecular formula is C13H17N3O3. The Balaban J connectivity index is 2.53. The third-order valence-electron chi connectivity index (χ3n) is 2.86. The monoisotopic (exact) mass is 263 g/mol. The number of hydrogen-bond acceptors (Lipinski definition) is 4. The molecule has 0 unspecified atom stereocenters. The SMILES string of the molecule is CCCCn1ncc2c(OCC)c(C(=O)O)cnc21. The Bertz CT molecular complexity index is 592. The standard InChI is InChI=1S/C13H17N3O3/c1-3-5-6-16-12-9(8-15-16)11(19-4-2)10(7-14-12)13(17)18/h7-8H,3-6H2,1-2H3,(H,17,18). The molecule has 6 nitrogen and oxygen atoms in total. The molecule has 0 fully saturated rings. The van der Waals surface area contributed by atoms with Crippen molar-refractivity contribution in [3.63, 3.8) is 0 Å². The van der Waals surface area contributed by atoms with Gasteiger partial charge in [-0.2, -0.15) is 5.10 Å². The van der Waals surface area contributed by atoms with Crippen molar-refractivity contribution in [1.82, 2.24) is 14.8 Å².